The van der Waals surface area contributed by atoms with Crippen molar-refractivity contribution < 1.29 is 18.0 Å². The summed E-state index contributed by atoms with van der Waals surface area (Å²) in [6.45, 7) is 1.83. The van der Waals surface area contributed by atoms with Gasteiger partial charge in [-0.15, -0.1) is 0 Å². The molecule has 0 bridgehead atoms. The summed E-state index contributed by atoms with van der Waals surface area (Å²) >= 11 is 0. The van der Waals surface area contributed by atoms with Gasteiger partial charge >= 0.3 is 0 Å². The van der Waals surface area contributed by atoms with Crippen molar-refractivity contribution in [2.75, 3.05) is 5.32 Å². The van der Waals surface area contributed by atoms with Gasteiger partial charge < -0.3 is 15.6 Å². The fourth-order valence-corrected chi connectivity index (χ4v) is 4.56. The quantitative estimate of drug-likeness (QED) is 0.378. The predicted molar refractivity (Wildman–Crippen MR) is 125 cm³/mol. The van der Waals surface area contributed by atoms with Crippen LogP contribution in [-0.4, -0.2) is 37.9 Å². The van der Waals surface area contributed by atoms with E-state index in [1.807, 2.05) is 13.0 Å². The molecule has 5 rings (SSSR count). The number of fused-ring (bicyclic) bond motifs is 1. The molecule has 180 valence electrons. The van der Waals surface area contributed by atoms with Gasteiger partial charge in [-0.2, -0.15) is 0 Å². The molecule has 1 aromatic carbocycles. The first-order chi connectivity index (χ1) is 16.9. The molecular weight excluding hydrogens is 457 g/mol. The topological polar surface area (TPSA) is 95.6 Å². The maximum absolute atomic E-state index is 14.6. The Hall–Kier alpha value is -3.95. The zero-order chi connectivity index (χ0) is 24.5. The van der Waals surface area contributed by atoms with E-state index in [0.29, 0.717) is 17.7 Å². The molecule has 3 aromatic heterocycles. The average molecular weight is 480 g/mol. The van der Waals surface area contributed by atoms with E-state index in [9.17, 15) is 18.0 Å². The van der Waals surface area contributed by atoms with Crippen LogP contribution in [0.15, 0.2) is 42.9 Å². The lowest BCUT2D eigenvalue weighted by atomic mass is 9.90. The molecule has 0 unspecified atom stereocenters. The van der Waals surface area contributed by atoms with Crippen LogP contribution in [0.1, 0.15) is 41.7 Å². The molecule has 0 radical (unpaired) electrons. The van der Waals surface area contributed by atoms with Crippen molar-refractivity contribution in [3.63, 3.8) is 0 Å². The number of anilines is 1. The van der Waals surface area contributed by atoms with Gasteiger partial charge in [0.05, 0.1) is 11.7 Å². The van der Waals surface area contributed by atoms with Crippen molar-refractivity contribution in [3.05, 3.63) is 71.6 Å². The molecule has 1 amide bonds. The molecule has 35 heavy (non-hydrogen) atoms. The van der Waals surface area contributed by atoms with E-state index in [4.69, 9.17) is 0 Å². The number of rotatable bonds is 5. The number of aromatic nitrogens is 4. The number of hydrogen-bond donors (Lipinski definition) is 3. The summed E-state index contributed by atoms with van der Waals surface area (Å²) in [5.74, 6) is -2.20. The number of carbonyl (C=O) groups excluding carboxylic acids is 1. The third kappa shape index (κ3) is 4.68. The number of pyridine rings is 1. The molecule has 10 heteroatoms. The van der Waals surface area contributed by atoms with Crippen LogP contribution in [0, 0.1) is 24.4 Å². The molecule has 0 saturated heterocycles. The fraction of sp³-hybridized carbons (Fsp3) is 0.280. The van der Waals surface area contributed by atoms with Gasteiger partial charge in [-0.1, -0.05) is 6.07 Å². The lowest BCUT2D eigenvalue weighted by Crippen LogP contribution is -2.42. The molecule has 1 aliphatic rings. The SMILES string of the molecule is Cc1cccnc1C(=O)N[C@@H]1CCC[C@H](Nc2nc(-c3c[nH]c4c(F)cc(F)cc34)ncc2F)C1. The molecule has 1 aliphatic carbocycles. The van der Waals surface area contributed by atoms with E-state index in [1.165, 1.54) is 12.3 Å². The Bertz CT molecular complexity index is 1410. The smallest absolute Gasteiger partial charge is 0.270 e. The highest BCUT2D eigenvalue weighted by Gasteiger charge is 2.26. The molecule has 2 atom stereocenters. The Morgan fingerprint density at radius 2 is 1.94 bits per heavy atom. The minimum atomic E-state index is -0.733. The van der Waals surface area contributed by atoms with E-state index >= 15 is 0 Å². The van der Waals surface area contributed by atoms with Crippen LogP contribution in [0.3, 0.4) is 0 Å². The lowest BCUT2D eigenvalue weighted by molar-refractivity contribution is 0.0920. The Balaban J connectivity index is 1.33. The summed E-state index contributed by atoms with van der Waals surface area (Å²) in [4.78, 5) is 27.9. The van der Waals surface area contributed by atoms with Crippen LogP contribution in [0.5, 0.6) is 0 Å². The van der Waals surface area contributed by atoms with E-state index in [1.54, 1.807) is 12.3 Å². The van der Waals surface area contributed by atoms with Gasteiger partial charge in [-0.05, 0) is 50.3 Å². The van der Waals surface area contributed by atoms with Gasteiger partial charge in [0.2, 0.25) is 0 Å². The molecule has 3 heterocycles. The number of nitrogens with zero attached hydrogens (tertiary/aromatic N) is 3. The van der Waals surface area contributed by atoms with Crippen LogP contribution in [0.4, 0.5) is 19.0 Å². The monoisotopic (exact) mass is 480 g/mol. The summed E-state index contributed by atoms with van der Waals surface area (Å²) in [5.41, 5.74) is 1.67. The van der Waals surface area contributed by atoms with Gasteiger partial charge in [0.1, 0.15) is 17.3 Å². The Morgan fingerprint density at radius 1 is 1.11 bits per heavy atom. The zero-order valence-corrected chi connectivity index (χ0v) is 18.9. The number of aryl methyl sites for hydroxylation is 1. The number of benzene rings is 1. The van der Waals surface area contributed by atoms with E-state index in [0.717, 1.165) is 37.1 Å². The lowest BCUT2D eigenvalue weighted by Gasteiger charge is -2.30. The number of halogens is 3. The molecule has 1 fully saturated rings. The van der Waals surface area contributed by atoms with Crippen LogP contribution in [0.25, 0.3) is 22.3 Å². The third-order valence-corrected chi connectivity index (χ3v) is 6.27. The highest BCUT2D eigenvalue weighted by atomic mass is 19.1. The zero-order valence-electron chi connectivity index (χ0n) is 18.9. The second-order valence-electron chi connectivity index (χ2n) is 8.75. The highest BCUT2D eigenvalue weighted by Crippen LogP contribution is 2.30. The first-order valence-electron chi connectivity index (χ1n) is 11.4. The predicted octanol–water partition coefficient (Wildman–Crippen LogP) is 4.90. The molecular formula is C25H23F3N6O. The minimum absolute atomic E-state index is 0.00114. The summed E-state index contributed by atoms with van der Waals surface area (Å²) in [5, 5.41) is 6.42. The molecule has 3 N–H and O–H groups in total. The Labute approximate surface area is 199 Å². The van der Waals surface area contributed by atoms with Crippen molar-refractivity contribution in [3.8, 4) is 11.4 Å². The number of amides is 1. The molecule has 1 saturated carbocycles. The summed E-state index contributed by atoms with van der Waals surface area (Å²) in [7, 11) is 0. The van der Waals surface area contributed by atoms with Crippen molar-refractivity contribution in [2.45, 2.75) is 44.7 Å². The van der Waals surface area contributed by atoms with Crippen LogP contribution in [-0.2, 0) is 0 Å². The van der Waals surface area contributed by atoms with E-state index in [2.05, 4.69) is 30.6 Å². The minimum Gasteiger partial charge on any atom is -0.365 e. The number of hydrogen-bond acceptors (Lipinski definition) is 5. The summed E-state index contributed by atoms with van der Waals surface area (Å²) < 4.78 is 42.4. The van der Waals surface area contributed by atoms with Crippen molar-refractivity contribution in [2.24, 2.45) is 0 Å². The molecule has 7 nitrogen and oxygen atoms in total. The maximum Gasteiger partial charge on any atom is 0.270 e. The van der Waals surface area contributed by atoms with Crippen LogP contribution in [0.2, 0.25) is 0 Å². The van der Waals surface area contributed by atoms with Crippen molar-refractivity contribution in [1.82, 2.24) is 25.3 Å². The fourth-order valence-electron chi connectivity index (χ4n) is 4.56. The maximum atomic E-state index is 14.6. The van der Waals surface area contributed by atoms with Gasteiger partial charge in [0.25, 0.3) is 5.91 Å². The third-order valence-electron chi connectivity index (χ3n) is 6.27. The van der Waals surface area contributed by atoms with Crippen LogP contribution >= 0.6 is 0 Å². The van der Waals surface area contributed by atoms with Crippen LogP contribution < -0.4 is 10.6 Å². The summed E-state index contributed by atoms with van der Waals surface area (Å²) in [6, 6.07) is 5.35. The van der Waals surface area contributed by atoms with E-state index in [-0.39, 0.29) is 40.5 Å². The van der Waals surface area contributed by atoms with Gasteiger partial charge in [0.15, 0.2) is 17.5 Å². The number of nitrogens with one attached hydrogen (secondary N) is 3. The number of H-pyrrole nitrogens is 1. The number of aromatic amines is 1. The molecule has 0 aliphatic heterocycles. The van der Waals surface area contributed by atoms with Crippen molar-refractivity contribution >= 4 is 22.6 Å². The second-order valence-corrected chi connectivity index (χ2v) is 8.75. The number of carbonyl (C=O) groups is 1. The average Bonchev–Trinajstić information content (AvgIpc) is 3.25. The van der Waals surface area contributed by atoms with Gasteiger partial charge in [-0.25, -0.2) is 23.1 Å². The van der Waals surface area contributed by atoms with Gasteiger partial charge in [0, 0.05) is 41.5 Å². The first kappa shape index (κ1) is 22.8. The highest BCUT2D eigenvalue weighted by molar-refractivity contribution is 5.94. The second kappa shape index (κ2) is 9.36. The van der Waals surface area contributed by atoms with Crippen molar-refractivity contribution in [1.29, 1.82) is 0 Å². The first-order valence-corrected chi connectivity index (χ1v) is 11.4. The Kier molecular flexibility index (Phi) is 6.10. The normalized spacial score (nSPS) is 17.9. The molecule has 4 aromatic rings. The van der Waals surface area contributed by atoms with E-state index < -0.39 is 17.5 Å². The summed E-state index contributed by atoms with van der Waals surface area (Å²) in [6.07, 6.45) is 7.08. The standard InChI is InChI=1S/C25H23F3N6O/c1-13-4-3-7-29-21(13)25(35)33-16-6-2-5-15(10-16)32-24-20(28)12-31-23(34-24)18-11-30-22-17(18)8-14(26)9-19(22)27/h3-4,7-9,11-12,15-16,30H,2,5-6,10H2,1H3,(H,33,35)(H,31,32,34)/t15-,16+/m0/s1. The molecule has 0 spiro atoms. The largest absolute Gasteiger partial charge is 0.365 e. The van der Waals surface area contributed by atoms with Gasteiger partial charge in [-0.3, -0.25) is 9.78 Å². The Morgan fingerprint density at radius 3 is 2.77 bits per heavy atom.